The van der Waals surface area contributed by atoms with Crippen molar-refractivity contribution in [2.75, 3.05) is 11.4 Å². The smallest absolute Gasteiger partial charge is 0.276 e. The molecule has 1 aromatic carbocycles. The number of nitrogens with one attached hydrogen (secondary N) is 1. The van der Waals surface area contributed by atoms with E-state index in [2.05, 4.69) is 20.4 Å². The Morgan fingerprint density at radius 2 is 1.91 bits per heavy atom. The quantitative estimate of drug-likeness (QED) is 0.647. The minimum Gasteiger partial charge on any atom is -0.349 e. The molecule has 0 radical (unpaired) electrons. The molecule has 2 aliphatic rings. The molecular weight excluding hydrogens is 416 g/mol. The average molecular weight is 445 g/mol. The Hall–Kier alpha value is -3.55. The van der Waals surface area contributed by atoms with Crippen LogP contribution < -0.4 is 10.2 Å². The van der Waals surface area contributed by atoms with Crippen LogP contribution in [-0.2, 0) is 0 Å². The van der Waals surface area contributed by atoms with Crippen LogP contribution in [0.1, 0.15) is 83.7 Å². The Morgan fingerprint density at radius 1 is 1.09 bits per heavy atom. The predicted molar refractivity (Wildman–Crippen MR) is 124 cm³/mol. The van der Waals surface area contributed by atoms with Crippen molar-refractivity contribution in [1.29, 1.82) is 0 Å². The van der Waals surface area contributed by atoms with Crippen LogP contribution in [0, 0.1) is 0 Å². The van der Waals surface area contributed by atoms with Crippen molar-refractivity contribution in [1.82, 2.24) is 25.1 Å². The highest BCUT2D eigenvalue weighted by Gasteiger charge is 2.37. The molecular formula is C25H28N6O2. The fraction of sp³-hybridized carbons (Fsp3) is 0.400. The molecule has 1 saturated carbocycles. The van der Waals surface area contributed by atoms with Gasteiger partial charge in [-0.25, -0.2) is 4.98 Å². The monoisotopic (exact) mass is 444 g/mol. The summed E-state index contributed by atoms with van der Waals surface area (Å²) in [6.07, 6.45) is 7.71. The Bertz CT molecular complexity index is 1170. The number of benzene rings is 1. The van der Waals surface area contributed by atoms with Crippen molar-refractivity contribution in [3.05, 3.63) is 71.6 Å². The first-order valence-corrected chi connectivity index (χ1v) is 11.6. The first kappa shape index (κ1) is 21.3. The summed E-state index contributed by atoms with van der Waals surface area (Å²) in [7, 11) is 0. The Labute approximate surface area is 193 Å². The molecule has 3 aromatic rings. The number of nitrogens with zero attached hydrogens (tertiary/aromatic N) is 5. The first-order chi connectivity index (χ1) is 16.0. The van der Waals surface area contributed by atoms with Gasteiger partial charge in [-0.1, -0.05) is 18.9 Å². The minimum atomic E-state index is -0.216. The van der Waals surface area contributed by atoms with Gasteiger partial charge in [0, 0.05) is 36.1 Å². The number of rotatable bonds is 5. The summed E-state index contributed by atoms with van der Waals surface area (Å²) < 4.78 is 1.81. The number of aromatic nitrogens is 4. The molecule has 2 amide bonds. The maximum Gasteiger partial charge on any atom is 0.276 e. The van der Waals surface area contributed by atoms with E-state index in [1.165, 1.54) is 0 Å². The van der Waals surface area contributed by atoms with E-state index in [1.807, 2.05) is 30.7 Å². The van der Waals surface area contributed by atoms with Gasteiger partial charge in [0.25, 0.3) is 11.8 Å². The van der Waals surface area contributed by atoms with Crippen molar-refractivity contribution in [2.24, 2.45) is 0 Å². The van der Waals surface area contributed by atoms with E-state index in [0.717, 1.165) is 36.9 Å². The summed E-state index contributed by atoms with van der Waals surface area (Å²) in [6, 6.07) is 11.3. The van der Waals surface area contributed by atoms with Crippen molar-refractivity contribution in [3.8, 4) is 0 Å². The second-order valence-electron chi connectivity index (χ2n) is 9.09. The van der Waals surface area contributed by atoms with Crippen molar-refractivity contribution >= 4 is 17.5 Å². The number of pyridine rings is 1. The lowest BCUT2D eigenvalue weighted by atomic mass is 9.98. The van der Waals surface area contributed by atoms with Gasteiger partial charge in [-0.15, -0.1) is 0 Å². The number of anilines is 1. The van der Waals surface area contributed by atoms with Crippen molar-refractivity contribution in [2.45, 2.75) is 57.5 Å². The van der Waals surface area contributed by atoms with Crippen LogP contribution in [0.5, 0.6) is 0 Å². The molecule has 1 aliphatic heterocycles. The molecule has 0 bridgehead atoms. The molecule has 1 atom stereocenters. The van der Waals surface area contributed by atoms with Crippen molar-refractivity contribution < 1.29 is 9.59 Å². The summed E-state index contributed by atoms with van der Waals surface area (Å²) in [5, 5.41) is 7.82. The summed E-state index contributed by atoms with van der Waals surface area (Å²) in [4.78, 5) is 36.7. The summed E-state index contributed by atoms with van der Waals surface area (Å²) in [6.45, 7) is 4.49. The Morgan fingerprint density at radius 3 is 2.61 bits per heavy atom. The van der Waals surface area contributed by atoms with Gasteiger partial charge in [0.05, 0.1) is 5.92 Å². The molecule has 1 fully saturated rings. The van der Waals surface area contributed by atoms with E-state index in [0.29, 0.717) is 23.6 Å². The van der Waals surface area contributed by atoms with Crippen LogP contribution in [0.25, 0.3) is 0 Å². The standard InChI is InChI=1S/C25H28N6O2/c1-16(2)31-15-27-23(29-31)20-14-30(25(33)21-9-5-6-12-26-21)22-11-10-17(13-19(20)22)24(32)28-18-7-3-4-8-18/h5-6,9-13,15-16,18,20H,3-4,7-8,14H2,1-2H3,(H,28,32)/t20-/m1/s1. The van der Waals surface area contributed by atoms with Crippen LogP contribution in [0.3, 0.4) is 0 Å². The Balaban J connectivity index is 1.50. The van der Waals surface area contributed by atoms with Gasteiger partial charge in [-0.3, -0.25) is 19.3 Å². The lowest BCUT2D eigenvalue weighted by Gasteiger charge is -2.17. The van der Waals surface area contributed by atoms with E-state index >= 15 is 0 Å². The molecule has 0 saturated heterocycles. The van der Waals surface area contributed by atoms with Gasteiger partial charge in [0.1, 0.15) is 12.0 Å². The highest BCUT2D eigenvalue weighted by Crippen LogP contribution is 2.40. The second-order valence-corrected chi connectivity index (χ2v) is 9.09. The number of fused-ring (bicyclic) bond motifs is 1. The zero-order valence-electron chi connectivity index (χ0n) is 18.9. The third kappa shape index (κ3) is 4.13. The van der Waals surface area contributed by atoms with E-state index < -0.39 is 0 Å². The molecule has 0 unspecified atom stereocenters. The summed E-state index contributed by atoms with van der Waals surface area (Å²) in [5.41, 5.74) is 2.64. The fourth-order valence-electron chi connectivity index (χ4n) is 4.68. The van der Waals surface area contributed by atoms with E-state index in [-0.39, 0.29) is 29.8 Å². The number of amides is 2. The van der Waals surface area contributed by atoms with Gasteiger partial charge >= 0.3 is 0 Å². The number of carbonyl (C=O) groups excluding carboxylic acids is 2. The van der Waals surface area contributed by atoms with Gasteiger partial charge in [0.15, 0.2) is 5.82 Å². The third-order valence-electron chi connectivity index (χ3n) is 6.51. The van der Waals surface area contributed by atoms with Crippen LogP contribution >= 0.6 is 0 Å². The molecule has 0 spiro atoms. The van der Waals surface area contributed by atoms with E-state index in [9.17, 15) is 9.59 Å². The third-order valence-corrected chi connectivity index (χ3v) is 6.51. The lowest BCUT2D eigenvalue weighted by Crippen LogP contribution is -2.32. The predicted octanol–water partition coefficient (Wildman–Crippen LogP) is 3.72. The van der Waals surface area contributed by atoms with Gasteiger partial charge < -0.3 is 10.2 Å². The van der Waals surface area contributed by atoms with E-state index in [4.69, 9.17) is 0 Å². The number of hydrogen-bond acceptors (Lipinski definition) is 5. The molecule has 1 N–H and O–H groups in total. The van der Waals surface area contributed by atoms with Gasteiger partial charge in [0.2, 0.25) is 0 Å². The van der Waals surface area contributed by atoms with Crippen LogP contribution in [0.15, 0.2) is 48.9 Å². The average Bonchev–Trinajstić information content (AvgIpc) is 3.58. The second kappa shape index (κ2) is 8.77. The van der Waals surface area contributed by atoms with Gasteiger partial charge in [-0.05, 0) is 62.6 Å². The maximum absolute atomic E-state index is 13.3. The highest BCUT2D eigenvalue weighted by atomic mass is 16.2. The zero-order valence-corrected chi connectivity index (χ0v) is 18.9. The summed E-state index contributed by atoms with van der Waals surface area (Å²) in [5.74, 6) is 0.186. The minimum absolute atomic E-state index is 0.0707. The van der Waals surface area contributed by atoms with E-state index in [1.54, 1.807) is 41.7 Å². The Kier molecular flexibility index (Phi) is 5.66. The van der Waals surface area contributed by atoms with Gasteiger partial charge in [-0.2, -0.15) is 5.10 Å². The van der Waals surface area contributed by atoms with Crippen molar-refractivity contribution in [3.63, 3.8) is 0 Å². The van der Waals surface area contributed by atoms with Crippen LogP contribution in [-0.4, -0.2) is 44.1 Å². The van der Waals surface area contributed by atoms with Crippen LogP contribution in [0.2, 0.25) is 0 Å². The number of hydrogen-bond donors (Lipinski definition) is 1. The molecule has 2 aromatic heterocycles. The fourth-order valence-corrected chi connectivity index (χ4v) is 4.68. The van der Waals surface area contributed by atoms with Crippen LogP contribution in [0.4, 0.5) is 5.69 Å². The number of carbonyl (C=O) groups is 2. The molecule has 5 rings (SSSR count). The molecule has 3 heterocycles. The largest absolute Gasteiger partial charge is 0.349 e. The normalized spacial score (nSPS) is 18.0. The molecule has 33 heavy (non-hydrogen) atoms. The molecule has 8 heteroatoms. The molecule has 1 aliphatic carbocycles. The highest BCUT2D eigenvalue weighted by molar-refractivity contribution is 6.07. The molecule has 8 nitrogen and oxygen atoms in total. The zero-order chi connectivity index (χ0) is 22.9. The first-order valence-electron chi connectivity index (χ1n) is 11.6. The maximum atomic E-state index is 13.3. The lowest BCUT2D eigenvalue weighted by molar-refractivity contribution is 0.0936. The topological polar surface area (TPSA) is 93.0 Å². The summed E-state index contributed by atoms with van der Waals surface area (Å²) >= 11 is 0. The molecule has 170 valence electrons. The SMILES string of the molecule is CC(C)n1cnc([C@@H]2CN(C(=O)c3ccccn3)c3ccc(C(=O)NC4CCCC4)cc32)n1.